The van der Waals surface area contributed by atoms with Gasteiger partial charge in [0, 0.05) is 20.0 Å². The average molecular weight is 250 g/mol. The maximum atomic E-state index is 12.0. The van der Waals surface area contributed by atoms with Crippen LogP contribution >= 0.6 is 0 Å². The van der Waals surface area contributed by atoms with Crippen molar-refractivity contribution in [2.75, 3.05) is 13.6 Å². The number of carbonyl (C=O) groups is 2. The van der Waals surface area contributed by atoms with Crippen LogP contribution in [-0.2, 0) is 9.59 Å². The molecule has 1 amide bonds. The van der Waals surface area contributed by atoms with Gasteiger partial charge in [-0.05, 0) is 12.0 Å². The number of likely N-dealkylation sites (N-methyl/N-ethyl adjacent to an activating group) is 1. The van der Waals surface area contributed by atoms with Crippen molar-refractivity contribution in [1.82, 2.24) is 4.90 Å². The Kier molecular flexibility index (Phi) is 5.32. The van der Waals surface area contributed by atoms with Gasteiger partial charge in [0.2, 0.25) is 5.91 Å². The molecule has 0 fully saturated rings. The molecule has 0 saturated heterocycles. The van der Waals surface area contributed by atoms with Crippen LogP contribution in [-0.4, -0.2) is 35.5 Å². The summed E-state index contributed by atoms with van der Waals surface area (Å²) in [6.07, 6.45) is 0.483. The smallest absolute Gasteiger partial charge is 0.303 e. The van der Waals surface area contributed by atoms with E-state index in [2.05, 4.69) is 0 Å². The van der Waals surface area contributed by atoms with E-state index in [4.69, 9.17) is 10.8 Å². The van der Waals surface area contributed by atoms with E-state index >= 15 is 0 Å². The molecule has 5 heteroatoms. The molecule has 98 valence electrons. The largest absolute Gasteiger partial charge is 0.481 e. The van der Waals surface area contributed by atoms with Crippen LogP contribution < -0.4 is 5.73 Å². The Morgan fingerprint density at radius 1 is 1.33 bits per heavy atom. The standard InChI is InChI=1S/C13H18N2O3/c1-15(9-5-8-11(16)17)13(18)12(14)10-6-3-2-4-7-10/h2-4,6-7,12H,5,8-9,14H2,1H3,(H,16,17)/t12-/m1/s1. The van der Waals surface area contributed by atoms with Crippen molar-refractivity contribution in [3.8, 4) is 0 Å². The van der Waals surface area contributed by atoms with E-state index in [-0.39, 0.29) is 12.3 Å². The number of hydrogen-bond donors (Lipinski definition) is 2. The second-order valence-electron chi connectivity index (χ2n) is 4.15. The van der Waals surface area contributed by atoms with Crippen molar-refractivity contribution in [2.45, 2.75) is 18.9 Å². The Labute approximate surface area is 106 Å². The first kappa shape index (κ1) is 14.2. The lowest BCUT2D eigenvalue weighted by atomic mass is 10.1. The first-order valence-electron chi connectivity index (χ1n) is 5.79. The Morgan fingerprint density at radius 3 is 2.50 bits per heavy atom. The van der Waals surface area contributed by atoms with Crippen LogP contribution in [0.4, 0.5) is 0 Å². The summed E-state index contributed by atoms with van der Waals surface area (Å²) in [6, 6.07) is 8.42. The number of nitrogens with two attached hydrogens (primary N) is 1. The summed E-state index contributed by atoms with van der Waals surface area (Å²) in [4.78, 5) is 23.8. The predicted molar refractivity (Wildman–Crippen MR) is 67.9 cm³/mol. The molecule has 1 atom stereocenters. The number of aliphatic carboxylic acids is 1. The number of carboxylic acid groups (broad SMARTS) is 1. The van der Waals surface area contributed by atoms with Crippen molar-refractivity contribution in [3.05, 3.63) is 35.9 Å². The molecule has 1 aromatic rings. The highest BCUT2D eigenvalue weighted by molar-refractivity contribution is 5.82. The summed E-state index contributed by atoms with van der Waals surface area (Å²) in [5.41, 5.74) is 6.62. The van der Waals surface area contributed by atoms with Crippen molar-refractivity contribution >= 4 is 11.9 Å². The zero-order valence-corrected chi connectivity index (χ0v) is 10.4. The van der Waals surface area contributed by atoms with Crippen molar-refractivity contribution in [3.63, 3.8) is 0 Å². The normalized spacial score (nSPS) is 11.9. The summed E-state index contributed by atoms with van der Waals surface area (Å²) < 4.78 is 0. The molecular weight excluding hydrogens is 232 g/mol. The Balaban J connectivity index is 2.50. The molecule has 1 rings (SSSR count). The SMILES string of the molecule is CN(CCCC(=O)O)C(=O)[C@H](N)c1ccccc1. The van der Waals surface area contributed by atoms with E-state index in [1.165, 1.54) is 4.90 Å². The molecule has 0 radical (unpaired) electrons. The molecule has 3 N–H and O–H groups in total. The lowest BCUT2D eigenvalue weighted by molar-refractivity contribution is -0.138. The van der Waals surface area contributed by atoms with E-state index < -0.39 is 12.0 Å². The number of carbonyl (C=O) groups excluding carboxylic acids is 1. The summed E-state index contributed by atoms with van der Waals surface area (Å²) in [7, 11) is 1.63. The minimum absolute atomic E-state index is 0.0538. The lowest BCUT2D eigenvalue weighted by Crippen LogP contribution is -2.36. The van der Waals surface area contributed by atoms with Crippen molar-refractivity contribution < 1.29 is 14.7 Å². The van der Waals surface area contributed by atoms with Gasteiger partial charge < -0.3 is 15.7 Å². The number of benzene rings is 1. The lowest BCUT2D eigenvalue weighted by Gasteiger charge is -2.21. The molecular formula is C13H18N2O3. The Bertz CT molecular complexity index is 406. The van der Waals surface area contributed by atoms with Gasteiger partial charge in [-0.15, -0.1) is 0 Å². The zero-order valence-electron chi connectivity index (χ0n) is 10.4. The van der Waals surface area contributed by atoms with Crippen LogP contribution in [0.25, 0.3) is 0 Å². The van der Waals surface area contributed by atoms with Crippen LogP contribution in [0.5, 0.6) is 0 Å². The summed E-state index contributed by atoms with van der Waals surface area (Å²) in [6.45, 7) is 0.395. The van der Waals surface area contributed by atoms with Crippen LogP contribution in [0, 0.1) is 0 Å². The summed E-state index contributed by atoms with van der Waals surface area (Å²) in [5.74, 6) is -1.06. The highest BCUT2D eigenvalue weighted by Gasteiger charge is 2.19. The van der Waals surface area contributed by atoms with Gasteiger partial charge in [-0.2, -0.15) is 0 Å². The van der Waals surface area contributed by atoms with Gasteiger partial charge in [-0.3, -0.25) is 9.59 Å². The topological polar surface area (TPSA) is 83.6 Å². The molecule has 0 bridgehead atoms. The van der Waals surface area contributed by atoms with E-state index in [9.17, 15) is 9.59 Å². The number of rotatable bonds is 6. The number of amides is 1. The fourth-order valence-electron chi connectivity index (χ4n) is 1.62. The highest BCUT2D eigenvalue weighted by atomic mass is 16.4. The van der Waals surface area contributed by atoms with Crippen molar-refractivity contribution in [2.24, 2.45) is 5.73 Å². The molecule has 0 heterocycles. The summed E-state index contributed by atoms with van der Waals surface area (Å²) in [5, 5.41) is 8.52. The van der Waals surface area contributed by atoms with Gasteiger partial charge in [0.1, 0.15) is 6.04 Å². The fraction of sp³-hybridized carbons (Fsp3) is 0.385. The van der Waals surface area contributed by atoms with Crippen LogP contribution in [0.2, 0.25) is 0 Å². The van der Waals surface area contributed by atoms with Gasteiger partial charge in [-0.25, -0.2) is 0 Å². The van der Waals surface area contributed by atoms with Crippen LogP contribution in [0.1, 0.15) is 24.4 Å². The quantitative estimate of drug-likeness (QED) is 0.789. The zero-order chi connectivity index (χ0) is 13.5. The average Bonchev–Trinajstić information content (AvgIpc) is 2.37. The minimum atomic E-state index is -0.858. The first-order chi connectivity index (χ1) is 8.52. The second kappa shape index (κ2) is 6.76. The Morgan fingerprint density at radius 2 is 1.94 bits per heavy atom. The molecule has 0 aliphatic heterocycles. The van der Waals surface area contributed by atoms with Crippen molar-refractivity contribution in [1.29, 1.82) is 0 Å². The molecule has 5 nitrogen and oxygen atoms in total. The van der Waals surface area contributed by atoms with Gasteiger partial charge >= 0.3 is 5.97 Å². The second-order valence-corrected chi connectivity index (χ2v) is 4.15. The predicted octanol–water partition coefficient (Wildman–Crippen LogP) is 1.01. The maximum absolute atomic E-state index is 12.0. The van der Waals surface area contributed by atoms with Crippen LogP contribution in [0.3, 0.4) is 0 Å². The molecule has 0 aromatic heterocycles. The fourth-order valence-corrected chi connectivity index (χ4v) is 1.62. The number of carboxylic acids is 1. The molecule has 0 unspecified atom stereocenters. The van der Waals surface area contributed by atoms with E-state index in [0.717, 1.165) is 5.56 Å². The van der Waals surface area contributed by atoms with Gasteiger partial charge in [0.15, 0.2) is 0 Å². The molecule has 1 aromatic carbocycles. The monoisotopic (exact) mass is 250 g/mol. The third-order valence-electron chi connectivity index (χ3n) is 2.69. The summed E-state index contributed by atoms with van der Waals surface area (Å²) >= 11 is 0. The van der Waals surface area contributed by atoms with E-state index in [1.807, 2.05) is 18.2 Å². The molecule has 0 spiro atoms. The maximum Gasteiger partial charge on any atom is 0.303 e. The first-order valence-corrected chi connectivity index (χ1v) is 5.79. The molecule has 0 aliphatic rings. The van der Waals surface area contributed by atoms with E-state index in [0.29, 0.717) is 13.0 Å². The molecule has 0 aliphatic carbocycles. The number of nitrogens with zero attached hydrogens (tertiary/aromatic N) is 1. The minimum Gasteiger partial charge on any atom is -0.481 e. The third kappa shape index (κ3) is 4.18. The molecule has 0 saturated carbocycles. The van der Waals surface area contributed by atoms with E-state index in [1.54, 1.807) is 19.2 Å². The van der Waals surface area contributed by atoms with Gasteiger partial charge in [0.05, 0.1) is 0 Å². The van der Waals surface area contributed by atoms with Crippen LogP contribution in [0.15, 0.2) is 30.3 Å². The van der Waals surface area contributed by atoms with Gasteiger partial charge in [-0.1, -0.05) is 30.3 Å². The van der Waals surface area contributed by atoms with Gasteiger partial charge in [0.25, 0.3) is 0 Å². The molecule has 18 heavy (non-hydrogen) atoms. The number of hydrogen-bond acceptors (Lipinski definition) is 3. The Hall–Kier alpha value is -1.88. The third-order valence-corrected chi connectivity index (χ3v) is 2.69. The highest BCUT2D eigenvalue weighted by Crippen LogP contribution is 2.12.